The SMILES string of the molecule is CC(C)N1CC(CCN(C)C)Oc2ncccc2C1=O.O=C(O)/C=C/C(=O)O. The number of hydrogen-bond acceptors (Lipinski definition) is 6. The molecule has 0 saturated heterocycles. The van der Waals surface area contributed by atoms with Crippen molar-refractivity contribution in [2.75, 3.05) is 27.2 Å². The van der Waals surface area contributed by atoms with E-state index in [0.29, 0.717) is 30.1 Å². The van der Waals surface area contributed by atoms with Crippen molar-refractivity contribution in [1.29, 1.82) is 0 Å². The Morgan fingerprint density at radius 1 is 1.32 bits per heavy atom. The molecule has 0 spiro atoms. The Morgan fingerprint density at radius 3 is 2.43 bits per heavy atom. The molecule has 2 N–H and O–H groups in total. The van der Waals surface area contributed by atoms with E-state index in [1.54, 1.807) is 18.3 Å². The van der Waals surface area contributed by atoms with Gasteiger partial charge in [-0.2, -0.15) is 0 Å². The zero-order chi connectivity index (χ0) is 21.3. The number of fused-ring (bicyclic) bond motifs is 1. The number of aliphatic carboxylic acids is 2. The first-order valence-electron chi connectivity index (χ1n) is 8.83. The molecule has 9 nitrogen and oxygen atoms in total. The number of rotatable bonds is 6. The topological polar surface area (TPSA) is 120 Å². The summed E-state index contributed by atoms with van der Waals surface area (Å²) in [5.41, 5.74) is 0.563. The van der Waals surface area contributed by atoms with Gasteiger partial charge < -0.3 is 24.7 Å². The van der Waals surface area contributed by atoms with Gasteiger partial charge in [-0.15, -0.1) is 0 Å². The lowest BCUT2D eigenvalue weighted by atomic mass is 10.2. The van der Waals surface area contributed by atoms with E-state index in [-0.39, 0.29) is 18.1 Å². The van der Waals surface area contributed by atoms with E-state index in [1.165, 1.54) is 0 Å². The zero-order valence-electron chi connectivity index (χ0n) is 16.5. The van der Waals surface area contributed by atoms with Gasteiger partial charge in [-0.05, 0) is 46.5 Å². The maximum Gasteiger partial charge on any atom is 0.328 e. The molecule has 0 fully saturated rings. The van der Waals surface area contributed by atoms with Gasteiger partial charge in [0.1, 0.15) is 11.7 Å². The predicted octanol–water partition coefficient (Wildman–Crippen LogP) is 1.36. The fraction of sp³-hybridized carbons (Fsp3) is 0.474. The van der Waals surface area contributed by atoms with Crippen LogP contribution in [0.5, 0.6) is 5.88 Å². The summed E-state index contributed by atoms with van der Waals surface area (Å²) in [6.07, 6.45) is 3.64. The monoisotopic (exact) mass is 393 g/mol. The van der Waals surface area contributed by atoms with Crippen LogP contribution in [-0.4, -0.2) is 82.2 Å². The number of hydrogen-bond donors (Lipinski definition) is 2. The fourth-order valence-electron chi connectivity index (χ4n) is 2.44. The van der Waals surface area contributed by atoms with Crippen LogP contribution < -0.4 is 4.74 Å². The van der Waals surface area contributed by atoms with E-state index in [1.807, 2.05) is 32.8 Å². The number of carboxylic acid groups (broad SMARTS) is 2. The molecule has 0 bridgehead atoms. The lowest BCUT2D eigenvalue weighted by molar-refractivity contribution is -0.134. The quantitative estimate of drug-likeness (QED) is 0.695. The Hall–Kier alpha value is -2.94. The van der Waals surface area contributed by atoms with E-state index in [2.05, 4.69) is 9.88 Å². The molecule has 1 unspecified atom stereocenters. The second-order valence-corrected chi connectivity index (χ2v) is 6.75. The minimum Gasteiger partial charge on any atom is -0.478 e. The normalized spacial score (nSPS) is 16.3. The Morgan fingerprint density at radius 2 is 1.93 bits per heavy atom. The molecule has 1 atom stereocenters. The minimum absolute atomic E-state index is 0.00968. The van der Waals surface area contributed by atoms with Crippen molar-refractivity contribution >= 4 is 17.8 Å². The van der Waals surface area contributed by atoms with Crippen molar-refractivity contribution in [3.63, 3.8) is 0 Å². The highest BCUT2D eigenvalue weighted by atomic mass is 16.5. The third-order valence-electron chi connectivity index (χ3n) is 3.83. The Labute approximate surface area is 164 Å². The van der Waals surface area contributed by atoms with E-state index >= 15 is 0 Å². The number of carbonyl (C=O) groups is 3. The molecule has 0 aliphatic carbocycles. The number of carbonyl (C=O) groups excluding carboxylic acids is 1. The van der Waals surface area contributed by atoms with Crippen LogP contribution in [0.3, 0.4) is 0 Å². The lowest BCUT2D eigenvalue weighted by Crippen LogP contribution is -2.42. The third kappa shape index (κ3) is 7.75. The summed E-state index contributed by atoms with van der Waals surface area (Å²) in [5, 5.41) is 15.6. The van der Waals surface area contributed by atoms with Crippen LogP contribution in [0.1, 0.15) is 30.6 Å². The molecule has 1 aromatic heterocycles. The maximum atomic E-state index is 12.6. The Balaban J connectivity index is 0.000000416. The molecule has 1 amide bonds. The van der Waals surface area contributed by atoms with Gasteiger partial charge in [-0.1, -0.05) is 0 Å². The van der Waals surface area contributed by atoms with Crippen LogP contribution in [-0.2, 0) is 9.59 Å². The number of pyridine rings is 1. The highest BCUT2D eigenvalue weighted by Crippen LogP contribution is 2.24. The number of carboxylic acids is 2. The molecule has 2 rings (SSSR count). The molecule has 1 aliphatic rings. The van der Waals surface area contributed by atoms with Gasteiger partial charge in [0, 0.05) is 30.9 Å². The standard InChI is InChI=1S/C15H23N3O2.C4H4O4/c1-11(2)18-10-12(7-9-17(3)4)20-14-13(15(18)19)6-5-8-16-14;5-3(6)1-2-4(7)8/h5-6,8,11-12H,7,9-10H2,1-4H3;1-2H,(H,5,6)(H,7,8)/b;2-1+. The summed E-state index contributed by atoms with van der Waals surface area (Å²) in [5.74, 6) is -2.04. The average molecular weight is 393 g/mol. The van der Waals surface area contributed by atoms with Gasteiger partial charge in [0.25, 0.3) is 5.91 Å². The van der Waals surface area contributed by atoms with Crippen LogP contribution in [0, 0.1) is 0 Å². The summed E-state index contributed by atoms with van der Waals surface area (Å²) in [4.78, 5) is 39.9. The molecular weight excluding hydrogens is 366 g/mol. The van der Waals surface area contributed by atoms with Crippen LogP contribution in [0.2, 0.25) is 0 Å². The number of amides is 1. The molecule has 9 heteroatoms. The number of nitrogens with zero attached hydrogens (tertiary/aromatic N) is 3. The van der Waals surface area contributed by atoms with Crippen LogP contribution in [0.15, 0.2) is 30.5 Å². The zero-order valence-corrected chi connectivity index (χ0v) is 16.5. The molecule has 2 heterocycles. The summed E-state index contributed by atoms with van der Waals surface area (Å²) < 4.78 is 5.96. The van der Waals surface area contributed by atoms with E-state index in [4.69, 9.17) is 14.9 Å². The Bertz CT molecular complexity index is 701. The Kier molecular flexibility index (Phi) is 9.10. The highest BCUT2D eigenvalue weighted by molar-refractivity contribution is 5.96. The van der Waals surface area contributed by atoms with Crippen LogP contribution in [0.4, 0.5) is 0 Å². The van der Waals surface area contributed by atoms with Crippen molar-refractivity contribution in [3.8, 4) is 5.88 Å². The maximum absolute atomic E-state index is 12.6. The first-order chi connectivity index (χ1) is 13.1. The lowest BCUT2D eigenvalue weighted by Gasteiger charge is -2.28. The van der Waals surface area contributed by atoms with Crippen molar-refractivity contribution in [3.05, 3.63) is 36.0 Å². The first-order valence-corrected chi connectivity index (χ1v) is 8.83. The van der Waals surface area contributed by atoms with Gasteiger partial charge >= 0.3 is 11.9 Å². The van der Waals surface area contributed by atoms with Crippen LogP contribution in [0.25, 0.3) is 0 Å². The average Bonchev–Trinajstić information content (AvgIpc) is 2.76. The molecule has 0 aromatic carbocycles. The second kappa shape index (κ2) is 11.0. The summed E-state index contributed by atoms with van der Waals surface area (Å²) >= 11 is 0. The summed E-state index contributed by atoms with van der Waals surface area (Å²) in [6.45, 7) is 5.60. The predicted molar refractivity (Wildman–Crippen MR) is 102 cm³/mol. The van der Waals surface area contributed by atoms with E-state index in [0.717, 1.165) is 13.0 Å². The molecule has 154 valence electrons. The van der Waals surface area contributed by atoms with Crippen molar-refractivity contribution in [2.24, 2.45) is 0 Å². The number of aromatic nitrogens is 1. The van der Waals surface area contributed by atoms with Gasteiger partial charge in [0.05, 0.1) is 6.54 Å². The molecule has 1 aromatic rings. The molecular formula is C19H27N3O6. The molecule has 28 heavy (non-hydrogen) atoms. The van der Waals surface area contributed by atoms with Gasteiger partial charge in [0.2, 0.25) is 5.88 Å². The highest BCUT2D eigenvalue weighted by Gasteiger charge is 2.30. The first kappa shape index (κ1) is 23.1. The smallest absolute Gasteiger partial charge is 0.328 e. The van der Waals surface area contributed by atoms with Crippen molar-refractivity contribution in [2.45, 2.75) is 32.4 Å². The second-order valence-electron chi connectivity index (χ2n) is 6.75. The molecule has 1 aliphatic heterocycles. The number of ether oxygens (including phenoxy) is 1. The van der Waals surface area contributed by atoms with Crippen molar-refractivity contribution < 1.29 is 29.3 Å². The largest absolute Gasteiger partial charge is 0.478 e. The van der Waals surface area contributed by atoms with Gasteiger partial charge in [-0.25, -0.2) is 14.6 Å². The van der Waals surface area contributed by atoms with E-state index < -0.39 is 11.9 Å². The summed E-state index contributed by atoms with van der Waals surface area (Å²) in [7, 11) is 4.07. The summed E-state index contributed by atoms with van der Waals surface area (Å²) in [6, 6.07) is 3.71. The van der Waals surface area contributed by atoms with Gasteiger partial charge in [-0.3, -0.25) is 4.79 Å². The van der Waals surface area contributed by atoms with Crippen molar-refractivity contribution in [1.82, 2.24) is 14.8 Å². The van der Waals surface area contributed by atoms with Gasteiger partial charge in [0.15, 0.2) is 0 Å². The molecule has 0 radical (unpaired) electrons. The third-order valence-corrected chi connectivity index (χ3v) is 3.83. The van der Waals surface area contributed by atoms with Crippen LogP contribution >= 0.6 is 0 Å². The molecule has 0 saturated carbocycles. The van der Waals surface area contributed by atoms with E-state index in [9.17, 15) is 14.4 Å². The minimum atomic E-state index is -1.26. The fourth-order valence-corrected chi connectivity index (χ4v) is 2.44.